The molecule has 0 saturated heterocycles. The Morgan fingerprint density at radius 3 is 2.12 bits per heavy atom. The first-order chi connectivity index (χ1) is 15.5. The van der Waals surface area contributed by atoms with Crippen LogP contribution in [0.5, 0.6) is 5.75 Å². The minimum Gasteiger partial charge on any atom is -0.493 e. The fourth-order valence-electron chi connectivity index (χ4n) is 2.94. The van der Waals surface area contributed by atoms with Gasteiger partial charge in [-0.25, -0.2) is 0 Å². The van der Waals surface area contributed by atoms with Gasteiger partial charge in [0.25, 0.3) is 11.8 Å². The summed E-state index contributed by atoms with van der Waals surface area (Å²) in [7, 11) is 0. The van der Waals surface area contributed by atoms with E-state index in [1.54, 1.807) is 48.5 Å². The van der Waals surface area contributed by atoms with Gasteiger partial charge in [0.2, 0.25) is 0 Å². The van der Waals surface area contributed by atoms with Crippen molar-refractivity contribution in [1.82, 2.24) is 10.6 Å². The number of amides is 2. The van der Waals surface area contributed by atoms with Gasteiger partial charge in [0, 0.05) is 29.8 Å². The molecular formula is C25H25N3O3S. The third-order valence-corrected chi connectivity index (χ3v) is 4.79. The summed E-state index contributed by atoms with van der Waals surface area (Å²) in [5, 5.41) is 8.49. The highest BCUT2D eigenvalue weighted by atomic mass is 32.1. The van der Waals surface area contributed by atoms with E-state index in [0.717, 1.165) is 6.42 Å². The molecule has 0 aliphatic carbocycles. The smallest absolute Gasteiger partial charge is 0.257 e. The summed E-state index contributed by atoms with van der Waals surface area (Å²) in [4.78, 5) is 24.2. The molecule has 0 atom stereocenters. The van der Waals surface area contributed by atoms with Crippen LogP contribution in [0.3, 0.4) is 0 Å². The van der Waals surface area contributed by atoms with E-state index in [9.17, 15) is 9.59 Å². The van der Waals surface area contributed by atoms with Gasteiger partial charge < -0.3 is 15.4 Å². The van der Waals surface area contributed by atoms with Crippen molar-refractivity contribution in [3.63, 3.8) is 0 Å². The van der Waals surface area contributed by atoms with Gasteiger partial charge in [0.05, 0.1) is 6.61 Å². The maximum absolute atomic E-state index is 12.4. The van der Waals surface area contributed by atoms with Crippen LogP contribution in [0.1, 0.15) is 33.2 Å². The molecule has 32 heavy (non-hydrogen) atoms. The fraction of sp³-hybridized carbons (Fsp3) is 0.160. The normalized spacial score (nSPS) is 10.2. The monoisotopic (exact) mass is 447 g/mol. The van der Waals surface area contributed by atoms with Gasteiger partial charge >= 0.3 is 0 Å². The van der Waals surface area contributed by atoms with E-state index in [2.05, 4.69) is 28.1 Å². The first-order valence-corrected chi connectivity index (χ1v) is 10.7. The largest absolute Gasteiger partial charge is 0.493 e. The Bertz CT molecular complexity index is 1050. The van der Waals surface area contributed by atoms with Crippen LogP contribution in [0.2, 0.25) is 0 Å². The molecule has 0 fully saturated rings. The number of anilines is 1. The molecule has 2 amide bonds. The minimum absolute atomic E-state index is 0.137. The number of hydrogen-bond acceptors (Lipinski definition) is 4. The summed E-state index contributed by atoms with van der Waals surface area (Å²) >= 11 is 5.22. The van der Waals surface area contributed by atoms with Crippen molar-refractivity contribution >= 4 is 34.8 Å². The second-order valence-corrected chi connectivity index (χ2v) is 7.36. The number of hydrogen-bond donors (Lipinski definition) is 3. The summed E-state index contributed by atoms with van der Waals surface area (Å²) in [6, 6.07) is 23.8. The molecule has 3 rings (SSSR count). The predicted molar refractivity (Wildman–Crippen MR) is 130 cm³/mol. The third-order valence-electron chi connectivity index (χ3n) is 4.59. The van der Waals surface area contributed by atoms with E-state index in [0.29, 0.717) is 35.7 Å². The molecule has 0 unspecified atom stereocenters. The first kappa shape index (κ1) is 23.0. The van der Waals surface area contributed by atoms with Gasteiger partial charge in [-0.1, -0.05) is 30.3 Å². The summed E-state index contributed by atoms with van der Waals surface area (Å²) in [5.74, 6) is 0.241. The van der Waals surface area contributed by atoms with Crippen molar-refractivity contribution in [2.75, 3.05) is 18.5 Å². The lowest BCUT2D eigenvalue weighted by Gasteiger charge is -2.11. The van der Waals surface area contributed by atoms with Crippen molar-refractivity contribution in [3.05, 3.63) is 95.6 Å². The van der Waals surface area contributed by atoms with Crippen molar-refractivity contribution in [1.29, 1.82) is 0 Å². The van der Waals surface area contributed by atoms with Gasteiger partial charge in [-0.05, 0) is 73.2 Å². The number of carbonyl (C=O) groups is 2. The zero-order valence-corrected chi connectivity index (χ0v) is 18.6. The molecule has 0 aliphatic rings. The van der Waals surface area contributed by atoms with Crippen LogP contribution < -0.4 is 20.7 Å². The average molecular weight is 448 g/mol. The number of thiocarbonyl (C=S) groups is 1. The van der Waals surface area contributed by atoms with Gasteiger partial charge in [0.15, 0.2) is 5.11 Å². The highest BCUT2D eigenvalue weighted by Crippen LogP contribution is 2.14. The lowest BCUT2D eigenvalue weighted by Crippen LogP contribution is -2.34. The molecule has 0 bridgehead atoms. The van der Waals surface area contributed by atoms with Crippen molar-refractivity contribution in [3.8, 4) is 5.75 Å². The third kappa shape index (κ3) is 6.92. The fourth-order valence-corrected chi connectivity index (χ4v) is 3.15. The van der Waals surface area contributed by atoms with Crippen LogP contribution in [0, 0.1) is 0 Å². The topological polar surface area (TPSA) is 79.5 Å². The summed E-state index contributed by atoms with van der Waals surface area (Å²) < 4.78 is 5.75. The molecule has 0 heterocycles. The van der Waals surface area contributed by atoms with Crippen LogP contribution in [0.15, 0.2) is 78.9 Å². The molecule has 3 aromatic rings. The second-order valence-electron chi connectivity index (χ2n) is 6.95. The maximum atomic E-state index is 12.4. The molecule has 164 valence electrons. The summed E-state index contributed by atoms with van der Waals surface area (Å²) in [6.07, 6.45) is 0.813. The number of carbonyl (C=O) groups excluding carboxylic acids is 2. The molecule has 0 saturated carbocycles. The molecule has 0 aliphatic heterocycles. The molecule has 0 radical (unpaired) electrons. The Hall–Kier alpha value is -3.71. The maximum Gasteiger partial charge on any atom is 0.257 e. The number of rotatable bonds is 8. The SMILES string of the molecule is CCNC(=O)c1ccc(NC(=S)NC(=O)c2ccc(OCCc3ccccc3)cc2)cc1. The number of benzene rings is 3. The molecule has 3 N–H and O–H groups in total. The number of ether oxygens (including phenoxy) is 1. The van der Waals surface area contributed by atoms with Crippen molar-refractivity contribution < 1.29 is 14.3 Å². The first-order valence-electron chi connectivity index (χ1n) is 10.3. The second kappa shape index (κ2) is 11.6. The predicted octanol–water partition coefficient (Wildman–Crippen LogP) is 4.18. The van der Waals surface area contributed by atoms with E-state index in [1.165, 1.54) is 5.56 Å². The van der Waals surface area contributed by atoms with Crippen LogP contribution in [-0.2, 0) is 6.42 Å². The Labute approximate surface area is 193 Å². The molecule has 6 nitrogen and oxygen atoms in total. The Kier molecular flexibility index (Phi) is 8.34. The molecular weight excluding hydrogens is 422 g/mol. The van der Waals surface area contributed by atoms with Gasteiger partial charge in [0.1, 0.15) is 5.75 Å². The van der Waals surface area contributed by atoms with E-state index in [1.807, 2.05) is 25.1 Å². The molecule has 0 aromatic heterocycles. The van der Waals surface area contributed by atoms with E-state index in [4.69, 9.17) is 17.0 Å². The van der Waals surface area contributed by atoms with Crippen LogP contribution in [-0.4, -0.2) is 30.1 Å². The lowest BCUT2D eigenvalue weighted by molar-refractivity contribution is 0.0953. The zero-order valence-electron chi connectivity index (χ0n) is 17.8. The van der Waals surface area contributed by atoms with Gasteiger partial charge in [-0.2, -0.15) is 0 Å². The quantitative estimate of drug-likeness (QED) is 0.452. The Morgan fingerprint density at radius 1 is 0.844 bits per heavy atom. The van der Waals surface area contributed by atoms with E-state index < -0.39 is 0 Å². The Balaban J connectivity index is 1.46. The standard InChI is InChI=1S/C25H25N3O3S/c1-2-26-23(29)19-8-12-21(13-9-19)27-25(32)28-24(30)20-10-14-22(15-11-20)31-17-16-18-6-4-3-5-7-18/h3-15H,2,16-17H2,1H3,(H,26,29)(H2,27,28,30,32). The summed E-state index contributed by atoms with van der Waals surface area (Å²) in [6.45, 7) is 2.99. The molecule has 7 heteroatoms. The molecule has 3 aromatic carbocycles. The molecule has 0 spiro atoms. The highest BCUT2D eigenvalue weighted by Gasteiger charge is 2.09. The van der Waals surface area contributed by atoms with Crippen LogP contribution in [0.25, 0.3) is 0 Å². The Morgan fingerprint density at radius 2 is 1.47 bits per heavy atom. The zero-order chi connectivity index (χ0) is 22.8. The minimum atomic E-state index is -0.322. The van der Waals surface area contributed by atoms with Crippen LogP contribution >= 0.6 is 12.2 Å². The van der Waals surface area contributed by atoms with Crippen molar-refractivity contribution in [2.45, 2.75) is 13.3 Å². The van der Waals surface area contributed by atoms with Crippen LogP contribution in [0.4, 0.5) is 5.69 Å². The summed E-state index contributed by atoms with van der Waals surface area (Å²) in [5.41, 5.74) is 2.91. The van der Waals surface area contributed by atoms with E-state index >= 15 is 0 Å². The highest BCUT2D eigenvalue weighted by molar-refractivity contribution is 7.80. The van der Waals surface area contributed by atoms with Crippen molar-refractivity contribution in [2.24, 2.45) is 0 Å². The van der Waals surface area contributed by atoms with Gasteiger partial charge in [-0.3, -0.25) is 14.9 Å². The lowest BCUT2D eigenvalue weighted by atomic mass is 10.2. The number of nitrogens with one attached hydrogen (secondary N) is 3. The van der Waals surface area contributed by atoms with Gasteiger partial charge in [-0.15, -0.1) is 0 Å². The van der Waals surface area contributed by atoms with E-state index in [-0.39, 0.29) is 16.9 Å². The average Bonchev–Trinajstić information content (AvgIpc) is 2.81.